The van der Waals surface area contributed by atoms with Crippen LogP contribution >= 0.6 is 0 Å². The van der Waals surface area contributed by atoms with Crippen LogP contribution in [0.3, 0.4) is 0 Å². The molecular weight excluding hydrogens is 172 g/mol. The summed E-state index contributed by atoms with van der Waals surface area (Å²) in [6.45, 7) is 2.29. The summed E-state index contributed by atoms with van der Waals surface area (Å²) >= 11 is 0. The number of hydrogen-bond acceptors (Lipinski definition) is 5. The first-order valence-corrected chi connectivity index (χ1v) is 3.81. The molecule has 13 heavy (non-hydrogen) atoms. The summed E-state index contributed by atoms with van der Waals surface area (Å²) in [5.41, 5.74) is 0.291. The van der Waals surface area contributed by atoms with Crippen molar-refractivity contribution in [2.24, 2.45) is 0 Å². The number of ether oxygens (including phenoxy) is 2. The van der Waals surface area contributed by atoms with E-state index in [1.54, 1.807) is 0 Å². The van der Waals surface area contributed by atoms with Crippen LogP contribution in [0, 0.1) is 0 Å². The van der Waals surface area contributed by atoms with Crippen LogP contribution in [0.15, 0.2) is 12.4 Å². The highest BCUT2D eigenvalue weighted by molar-refractivity contribution is 5.91. The molecule has 0 unspecified atom stereocenters. The first-order valence-electron chi connectivity index (χ1n) is 3.81. The van der Waals surface area contributed by atoms with Crippen molar-refractivity contribution in [3.63, 3.8) is 0 Å². The minimum absolute atomic E-state index is 0.291. The first-order chi connectivity index (χ1) is 6.29. The lowest BCUT2D eigenvalue weighted by atomic mass is 10.3. The van der Waals surface area contributed by atoms with E-state index in [4.69, 9.17) is 4.74 Å². The van der Waals surface area contributed by atoms with E-state index in [-0.39, 0.29) is 0 Å². The zero-order valence-corrected chi connectivity index (χ0v) is 7.48. The van der Waals surface area contributed by atoms with Crippen LogP contribution in [0.5, 0.6) is 5.75 Å². The van der Waals surface area contributed by atoms with E-state index in [9.17, 15) is 4.79 Å². The topological polar surface area (TPSA) is 61.3 Å². The molecule has 1 heterocycles. The Morgan fingerprint density at radius 2 is 2.15 bits per heavy atom. The largest absolute Gasteiger partial charge is 0.491 e. The predicted octanol–water partition coefficient (Wildman–Crippen LogP) is 0.662. The fraction of sp³-hybridized carbons (Fsp3) is 0.375. The molecule has 0 amide bonds. The van der Waals surface area contributed by atoms with Crippen molar-refractivity contribution in [2.75, 3.05) is 13.7 Å². The Labute approximate surface area is 75.7 Å². The van der Waals surface area contributed by atoms with Crippen molar-refractivity contribution < 1.29 is 14.3 Å². The van der Waals surface area contributed by atoms with E-state index in [1.807, 2.05) is 6.92 Å². The van der Waals surface area contributed by atoms with Gasteiger partial charge in [-0.3, -0.25) is 0 Å². The van der Waals surface area contributed by atoms with Crippen molar-refractivity contribution in [3.05, 3.63) is 18.0 Å². The van der Waals surface area contributed by atoms with Crippen LogP contribution in [-0.2, 0) is 4.74 Å². The van der Waals surface area contributed by atoms with Gasteiger partial charge in [-0.25, -0.2) is 4.79 Å². The number of aromatic nitrogens is 2. The molecule has 0 N–H and O–H groups in total. The monoisotopic (exact) mass is 182 g/mol. The Bertz CT molecular complexity index is 301. The van der Waals surface area contributed by atoms with Gasteiger partial charge < -0.3 is 9.47 Å². The molecular formula is C8H10N2O3. The Hall–Kier alpha value is -1.65. The Balaban J connectivity index is 2.97. The van der Waals surface area contributed by atoms with Crippen molar-refractivity contribution in [2.45, 2.75) is 6.92 Å². The molecule has 0 radical (unpaired) electrons. The van der Waals surface area contributed by atoms with Crippen molar-refractivity contribution in [3.8, 4) is 5.75 Å². The summed E-state index contributed by atoms with van der Waals surface area (Å²) in [5, 5.41) is 7.16. The lowest BCUT2D eigenvalue weighted by Crippen LogP contribution is -2.06. The summed E-state index contributed by atoms with van der Waals surface area (Å²) in [6.07, 6.45) is 2.70. The molecule has 5 nitrogen and oxygen atoms in total. The Kier molecular flexibility index (Phi) is 3.19. The lowest BCUT2D eigenvalue weighted by Gasteiger charge is -2.05. The normalized spacial score (nSPS) is 9.38. The maximum Gasteiger partial charge on any atom is 0.343 e. The van der Waals surface area contributed by atoms with Gasteiger partial charge in [0.2, 0.25) is 0 Å². The number of methoxy groups -OCH3 is 1. The third kappa shape index (κ3) is 2.14. The zero-order chi connectivity index (χ0) is 9.68. The van der Waals surface area contributed by atoms with Crippen molar-refractivity contribution in [1.82, 2.24) is 10.2 Å². The smallest absolute Gasteiger partial charge is 0.343 e. The number of rotatable bonds is 3. The minimum atomic E-state index is -0.474. The quantitative estimate of drug-likeness (QED) is 0.642. The fourth-order valence-corrected chi connectivity index (χ4v) is 0.844. The van der Waals surface area contributed by atoms with Crippen LogP contribution in [0.1, 0.15) is 17.3 Å². The predicted molar refractivity (Wildman–Crippen MR) is 44.5 cm³/mol. The maximum atomic E-state index is 11.1. The molecule has 1 rings (SSSR count). The standard InChI is InChI=1S/C8H10N2O3/c1-3-13-7-5-10-9-4-6(7)8(11)12-2/h4-5H,3H2,1-2H3. The molecule has 70 valence electrons. The van der Waals surface area contributed by atoms with E-state index in [0.29, 0.717) is 17.9 Å². The highest BCUT2D eigenvalue weighted by Gasteiger charge is 2.12. The third-order valence-electron chi connectivity index (χ3n) is 1.40. The summed E-state index contributed by atoms with van der Waals surface area (Å²) in [6, 6.07) is 0. The van der Waals surface area contributed by atoms with Gasteiger partial charge in [0, 0.05) is 0 Å². The van der Waals surface area contributed by atoms with Gasteiger partial charge in [-0.15, -0.1) is 0 Å². The van der Waals surface area contributed by atoms with Gasteiger partial charge in [0.15, 0.2) is 5.75 Å². The average molecular weight is 182 g/mol. The second kappa shape index (κ2) is 4.39. The molecule has 0 aliphatic heterocycles. The third-order valence-corrected chi connectivity index (χ3v) is 1.40. The van der Waals surface area contributed by atoms with Crippen molar-refractivity contribution >= 4 is 5.97 Å². The molecule has 0 fully saturated rings. The second-order valence-electron chi connectivity index (χ2n) is 2.19. The number of esters is 1. The molecule has 0 saturated carbocycles. The molecule has 0 saturated heterocycles. The van der Waals surface area contributed by atoms with Gasteiger partial charge in [0.1, 0.15) is 5.56 Å². The summed E-state index contributed by atoms with van der Waals surface area (Å²) < 4.78 is 9.69. The molecule has 5 heteroatoms. The van der Waals surface area contributed by atoms with E-state index < -0.39 is 5.97 Å². The molecule has 0 aliphatic rings. The molecule has 0 bridgehead atoms. The van der Waals surface area contributed by atoms with Gasteiger partial charge in [0.25, 0.3) is 0 Å². The average Bonchev–Trinajstić information content (AvgIpc) is 2.18. The maximum absolute atomic E-state index is 11.1. The Morgan fingerprint density at radius 1 is 1.46 bits per heavy atom. The van der Waals surface area contributed by atoms with E-state index in [1.165, 1.54) is 19.5 Å². The summed E-state index contributed by atoms with van der Waals surface area (Å²) in [5.74, 6) is -0.0808. The SMILES string of the molecule is CCOc1cnncc1C(=O)OC. The van der Waals surface area contributed by atoms with Crippen LogP contribution < -0.4 is 4.74 Å². The molecule has 0 atom stereocenters. The fourth-order valence-electron chi connectivity index (χ4n) is 0.844. The van der Waals surface area contributed by atoms with E-state index in [0.717, 1.165) is 0 Å². The van der Waals surface area contributed by atoms with Crippen LogP contribution in [0.4, 0.5) is 0 Å². The molecule has 1 aromatic rings. The molecule has 0 spiro atoms. The van der Waals surface area contributed by atoms with Crippen molar-refractivity contribution in [1.29, 1.82) is 0 Å². The molecule has 1 aromatic heterocycles. The number of carbonyl (C=O) groups excluding carboxylic acids is 1. The highest BCUT2D eigenvalue weighted by atomic mass is 16.5. The summed E-state index contributed by atoms with van der Waals surface area (Å²) in [7, 11) is 1.30. The van der Waals surface area contributed by atoms with Gasteiger partial charge in [-0.2, -0.15) is 10.2 Å². The second-order valence-corrected chi connectivity index (χ2v) is 2.19. The van der Waals surface area contributed by atoms with Gasteiger partial charge in [-0.05, 0) is 6.92 Å². The minimum Gasteiger partial charge on any atom is -0.491 e. The number of hydrogen-bond donors (Lipinski definition) is 0. The van der Waals surface area contributed by atoms with E-state index >= 15 is 0 Å². The summed E-state index contributed by atoms with van der Waals surface area (Å²) in [4.78, 5) is 11.1. The van der Waals surface area contributed by atoms with Gasteiger partial charge >= 0.3 is 5.97 Å². The number of nitrogens with zero attached hydrogens (tertiary/aromatic N) is 2. The highest BCUT2D eigenvalue weighted by Crippen LogP contribution is 2.15. The van der Waals surface area contributed by atoms with Crippen LogP contribution in [0.25, 0.3) is 0 Å². The lowest BCUT2D eigenvalue weighted by molar-refractivity contribution is 0.0595. The zero-order valence-electron chi connectivity index (χ0n) is 7.48. The first kappa shape index (κ1) is 9.44. The van der Waals surface area contributed by atoms with Gasteiger partial charge in [-0.1, -0.05) is 0 Å². The van der Waals surface area contributed by atoms with E-state index in [2.05, 4.69) is 14.9 Å². The van der Waals surface area contributed by atoms with Gasteiger partial charge in [0.05, 0.1) is 26.1 Å². The van der Waals surface area contributed by atoms with Crippen LogP contribution in [0.2, 0.25) is 0 Å². The molecule has 0 aromatic carbocycles. The Morgan fingerprint density at radius 3 is 2.77 bits per heavy atom. The van der Waals surface area contributed by atoms with Crippen LogP contribution in [-0.4, -0.2) is 29.9 Å². The molecule has 0 aliphatic carbocycles. The number of carbonyl (C=O) groups is 1.